The number of aromatic nitrogens is 1. The second kappa shape index (κ2) is 5.66. The van der Waals surface area contributed by atoms with Crippen LogP contribution in [0.1, 0.15) is 30.7 Å². The molecule has 1 aromatic carbocycles. The Morgan fingerprint density at radius 1 is 1.39 bits per heavy atom. The summed E-state index contributed by atoms with van der Waals surface area (Å²) in [6.07, 6.45) is 1.06. The standard InChI is InChI=1S/C12H11BrFNS.C2H6/c1-6-4-8(14)11(13)10-7-5-16-3-2-9(7)15-12(6)10;1-2/h4,15H,2-3,5H2,1H3;1-2H3. The fourth-order valence-corrected chi connectivity index (χ4v) is 3.86. The molecule has 2 aromatic rings. The summed E-state index contributed by atoms with van der Waals surface area (Å²) in [4.78, 5) is 3.44. The van der Waals surface area contributed by atoms with Crippen LogP contribution < -0.4 is 0 Å². The van der Waals surface area contributed by atoms with Crippen molar-refractivity contribution in [1.29, 1.82) is 0 Å². The lowest BCUT2D eigenvalue weighted by Gasteiger charge is -2.10. The van der Waals surface area contributed by atoms with Gasteiger partial charge < -0.3 is 4.98 Å². The van der Waals surface area contributed by atoms with Crippen LogP contribution in [0.15, 0.2) is 10.5 Å². The number of H-pyrrole nitrogens is 1. The van der Waals surface area contributed by atoms with Crippen LogP contribution in [0.25, 0.3) is 10.9 Å². The van der Waals surface area contributed by atoms with E-state index >= 15 is 0 Å². The molecule has 1 nitrogen and oxygen atoms in total. The molecule has 0 saturated heterocycles. The molecule has 4 heteroatoms. The van der Waals surface area contributed by atoms with Crippen molar-refractivity contribution in [2.24, 2.45) is 0 Å². The fraction of sp³-hybridized carbons (Fsp3) is 0.429. The Labute approximate surface area is 120 Å². The van der Waals surface area contributed by atoms with Gasteiger partial charge in [-0.05, 0) is 52.2 Å². The van der Waals surface area contributed by atoms with Gasteiger partial charge in [-0.2, -0.15) is 11.8 Å². The first kappa shape index (κ1) is 13.9. The average molecular weight is 330 g/mol. The average Bonchev–Trinajstić information content (AvgIpc) is 2.78. The van der Waals surface area contributed by atoms with Crippen LogP contribution >= 0.6 is 27.7 Å². The molecule has 0 aliphatic carbocycles. The normalized spacial score (nSPS) is 14.1. The molecule has 1 aromatic heterocycles. The van der Waals surface area contributed by atoms with Gasteiger partial charge in [0, 0.05) is 16.8 Å². The third-order valence-electron chi connectivity index (χ3n) is 3.10. The van der Waals surface area contributed by atoms with E-state index in [0.29, 0.717) is 4.47 Å². The Bertz CT molecular complexity index is 577. The molecule has 1 N–H and O–H groups in total. The van der Waals surface area contributed by atoms with Gasteiger partial charge in [0.25, 0.3) is 0 Å². The van der Waals surface area contributed by atoms with Crippen molar-refractivity contribution in [2.75, 3.05) is 5.75 Å². The SMILES string of the molecule is CC.Cc1cc(F)c(Br)c2c3c([nH]c12)CCSC3. The van der Waals surface area contributed by atoms with Gasteiger partial charge in [-0.3, -0.25) is 0 Å². The summed E-state index contributed by atoms with van der Waals surface area (Å²) >= 11 is 5.28. The molecule has 1 aliphatic rings. The van der Waals surface area contributed by atoms with E-state index in [2.05, 4.69) is 20.9 Å². The van der Waals surface area contributed by atoms with E-state index in [4.69, 9.17) is 0 Å². The number of benzene rings is 1. The van der Waals surface area contributed by atoms with Crippen molar-refractivity contribution in [1.82, 2.24) is 4.98 Å². The van der Waals surface area contributed by atoms with E-state index < -0.39 is 0 Å². The van der Waals surface area contributed by atoms with E-state index in [-0.39, 0.29) is 5.82 Å². The number of aryl methyl sites for hydroxylation is 2. The van der Waals surface area contributed by atoms with Crippen LogP contribution in [-0.2, 0) is 12.2 Å². The molecule has 0 amide bonds. The third kappa shape index (κ3) is 2.21. The van der Waals surface area contributed by atoms with Crippen LogP contribution in [0, 0.1) is 12.7 Å². The highest BCUT2D eigenvalue weighted by atomic mass is 79.9. The zero-order chi connectivity index (χ0) is 13.3. The van der Waals surface area contributed by atoms with Crippen molar-refractivity contribution in [3.05, 3.63) is 33.2 Å². The number of halogens is 2. The minimum absolute atomic E-state index is 0.164. The van der Waals surface area contributed by atoms with Gasteiger partial charge in [0.15, 0.2) is 0 Å². The molecule has 1 aliphatic heterocycles. The van der Waals surface area contributed by atoms with Crippen LogP contribution in [0.4, 0.5) is 4.39 Å². The predicted molar refractivity (Wildman–Crippen MR) is 81.9 cm³/mol. The Morgan fingerprint density at radius 3 is 2.83 bits per heavy atom. The minimum Gasteiger partial charge on any atom is -0.358 e. The maximum atomic E-state index is 13.7. The highest BCUT2D eigenvalue weighted by molar-refractivity contribution is 9.10. The van der Waals surface area contributed by atoms with E-state index in [1.807, 2.05) is 32.5 Å². The Kier molecular flexibility index (Phi) is 4.38. The zero-order valence-corrected chi connectivity index (χ0v) is 13.3. The van der Waals surface area contributed by atoms with E-state index in [0.717, 1.165) is 34.4 Å². The van der Waals surface area contributed by atoms with Crippen molar-refractivity contribution in [2.45, 2.75) is 32.9 Å². The molecule has 0 fully saturated rings. The molecule has 0 atom stereocenters. The van der Waals surface area contributed by atoms with Crippen LogP contribution in [0.5, 0.6) is 0 Å². The largest absolute Gasteiger partial charge is 0.358 e. The van der Waals surface area contributed by atoms with E-state index in [1.165, 1.54) is 11.3 Å². The molecule has 3 rings (SSSR count). The van der Waals surface area contributed by atoms with Gasteiger partial charge in [0.2, 0.25) is 0 Å². The Morgan fingerprint density at radius 2 is 2.11 bits per heavy atom. The monoisotopic (exact) mass is 329 g/mol. The number of hydrogen-bond donors (Lipinski definition) is 1. The van der Waals surface area contributed by atoms with Crippen LogP contribution in [0.2, 0.25) is 0 Å². The summed E-state index contributed by atoms with van der Waals surface area (Å²) in [6, 6.07) is 1.58. The predicted octanol–water partition coefficient (Wildman–Crippen LogP) is 5.19. The summed E-state index contributed by atoms with van der Waals surface area (Å²) in [5.74, 6) is 1.97. The third-order valence-corrected chi connectivity index (χ3v) is 4.86. The number of hydrogen-bond acceptors (Lipinski definition) is 1. The zero-order valence-electron chi connectivity index (χ0n) is 10.9. The molecule has 0 saturated carbocycles. The van der Waals surface area contributed by atoms with Gasteiger partial charge in [-0.25, -0.2) is 4.39 Å². The van der Waals surface area contributed by atoms with Crippen molar-refractivity contribution in [3.8, 4) is 0 Å². The van der Waals surface area contributed by atoms with Gasteiger partial charge in [0.1, 0.15) is 5.82 Å². The smallest absolute Gasteiger partial charge is 0.138 e. The summed E-state index contributed by atoms with van der Waals surface area (Å²) in [6.45, 7) is 5.95. The molecule has 0 spiro atoms. The van der Waals surface area contributed by atoms with Crippen LogP contribution in [0.3, 0.4) is 0 Å². The molecule has 0 unspecified atom stereocenters. The number of thioether (sulfide) groups is 1. The summed E-state index contributed by atoms with van der Waals surface area (Å²) in [5, 5.41) is 1.04. The molecular weight excluding hydrogens is 313 g/mol. The van der Waals surface area contributed by atoms with Gasteiger partial charge >= 0.3 is 0 Å². The minimum atomic E-state index is -0.164. The van der Waals surface area contributed by atoms with E-state index in [1.54, 1.807) is 6.07 Å². The quantitative estimate of drug-likeness (QED) is 0.702. The van der Waals surface area contributed by atoms with Crippen LogP contribution in [-0.4, -0.2) is 10.7 Å². The van der Waals surface area contributed by atoms with Crippen molar-refractivity contribution >= 4 is 38.6 Å². The lowest BCUT2D eigenvalue weighted by Crippen LogP contribution is -2.00. The first-order chi connectivity index (χ1) is 8.68. The summed E-state index contributed by atoms with van der Waals surface area (Å²) < 4.78 is 14.3. The Hall–Kier alpha value is -0.480. The topological polar surface area (TPSA) is 15.8 Å². The molecule has 2 heterocycles. The van der Waals surface area contributed by atoms with Crippen molar-refractivity contribution in [3.63, 3.8) is 0 Å². The Balaban J connectivity index is 0.000000574. The number of rotatable bonds is 0. The number of aromatic amines is 1. The van der Waals surface area contributed by atoms with E-state index in [9.17, 15) is 4.39 Å². The summed E-state index contributed by atoms with van der Waals surface area (Å²) in [7, 11) is 0. The lowest BCUT2D eigenvalue weighted by molar-refractivity contribution is 0.622. The number of fused-ring (bicyclic) bond motifs is 3. The first-order valence-electron chi connectivity index (χ1n) is 6.24. The number of nitrogens with one attached hydrogen (secondary N) is 1. The second-order valence-electron chi connectivity index (χ2n) is 4.12. The molecule has 98 valence electrons. The van der Waals surface area contributed by atoms with Gasteiger partial charge in [-0.15, -0.1) is 0 Å². The molecule has 0 bridgehead atoms. The maximum absolute atomic E-state index is 13.7. The highest BCUT2D eigenvalue weighted by Crippen LogP contribution is 2.38. The van der Waals surface area contributed by atoms with Crippen molar-refractivity contribution < 1.29 is 4.39 Å². The second-order valence-corrected chi connectivity index (χ2v) is 6.02. The molecular formula is C14H17BrFNS. The molecule has 0 radical (unpaired) electrons. The van der Waals surface area contributed by atoms with Gasteiger partial charge in [-0.1, -0.05) is 13.8 Å². The van der Waals surface area contributed by atoms with Gasteiger partial charge in [0.05, 0.1) is 9.99 Å². The lowest BCUT2D eigenvalue weighted by atomic mass is 10.1. The first-order valence-corrected chi connectivity index (χ1v) is 8.19. The highest BCUT2D eigenvalue weighted by Gasteiger charge is 2.20. The maximum Gasteiger partial charge on any atom is 0.138 e. The fourth-order valence-electron chi connectivity index (χ4n) is 2.29. The summed E-state index contributed by atoms with van der Waals surface area (Å²) in [5.41, 5.74) is 4.62. The molecule has 18 heavy (non-hydrogen) atoms.